The van der Waals surface area contributed by atoms with E-state index in [1.54, 1.807) is 12.1 Å². The predicted octanol–water partition coefficient (Wildman–Crippen LogP) is 3.75. The number of nitrogens with zero attached hydrogens (tertiary/aromatic N) is 1. The van der Waals surface area contributed by atoms with Crippen LogP contribution in [0.15, 0.2) is 42.5 Å². The summed E-state index contributed by atoms with van der Waals surface area (Å²) in [6.07, 6.45) is 0. The van der Waals surface area contributed by atoms with Gasteiger partial charge in [0.2, 0.25) is 0 Å². The highest BCUT2D eigenvalue weighted by Crippen LogP contribution is 2.19. The lowest BCUT2D eigenvalue weighted by Gasteiger charge is -2.07. The quantitative estimate of drug-likeness (QED) is 0.846. The fourth-order valence-corrected chi connectivity index (χ4v) is 1.49. The molecular weight excluding hydrogens is 215 g/mol. The van der Waals surface area contributed by atoms with Crippen molar-refractivity contribution in [3.63, 3.8) is 0 Å². The number of hydrogen-bond acceptors (Lipinski definition) is 2. The third-order valence-electron chi connectivity index (χ3n) is 2.43. The fourth-order valence-electron chi connectivity index (χ4n) is 1.49. The molecule has 0 unspecified atom stereocenters. The molecule has 0 atom stereocenters. The second kappa shape index (κ2) is 4.67. The van der Waals surface area contributed by atoms with Crippen molar-refractivity contribution >= 4 is 11.4 Å². The summed E-state index contributed by atoms with van der Waals surface area (Å²) in [5.74, 6) is -0.510. The molecule has 84 valence electrons. The van der Waals surface area contributed by atoms with E-state index in [4.69, 9.17) is 5.26 Å². The van der Waals surface area contributed by atoms with E-state index in [9.17, 15) is 4.39 Å². The van der Waals surface area contributed by atoms with E-state index in [0.717, 1.165) is 5.69 Å². The molecule has 0 saturated heterocycles. The molecule has 0 amide bonds. The van der Waals surface area contributed by atoms with Gasteiger partial charge in [0.15, 0.2) is 0 Å². The monoisotopic (exact) mass is 226 g/mol. The lowest BCUT2D eigenvalue weighted by atomic mass is 10.2. The van der Waals surface area contributed by atoms with E-state index in [2.05, 4.69) is 5.32 Å². The van der Waals surface area contributed by atoms with E-state index >= 15 is 0 Å². The normalized spacial score (nSPS) is 9.71. The van der Waals surface area contributed by atoms with Gasteiger partial charge in [0.25, 0.3) is 0 Å². The van der Waals surface area contributed by atoms with Crippen molar-refractivity contribution in [2.75, 3.05) is 5.32 Å². The Balaban J connectivity index is 2.22. The molecular formula is C14H11FN2. The Morgan fingerprint density at radius 2 is 1.71 bits per heavy atom. The Morgan fingerprint density at radius 1 is 1.06 bits per heavy atom. The van der Waals surface area contributed by atoms with Gasteiger partial charge in [-0.25, -0.2) is 4.39 Å². The first-order valence-corrected chi connectivity index (χ1v) is 5.22. The van der Waals surface area contributed by atoms with Gasteiger partial charge < -0.3 is 5.32 Å². The molecule has 0 aliphatic heterocycles. The first-order chi connectivity index (χ1) is 8.19. The number of halogens is 1. The number of hydrogen-bond donors (Lipinski definition) is 1. The van der Waals surface area contributed by atoms with Crippen LogP contribution in [0.5, 0.6) is 0 Å². The zero-order chi connectivity index (χ0) is 12.3. The van der Waals surface area contributed by atoms with Crippen LogP contribution in [0.2, 0.25) is 0 Å². The third kappa shape index (κ3) is 2.61. The van der Waals surface area contributed by atoms with Crippen LogP contribution in [0.1, 0.15) is 11.1 Å². The lowest BCUT2D eigenvalue weighted by molar-refractivity contribution is 0.624. The Morgan fingerprint density at radius 3 is 2.29 bits per heavy atom. The predicted molar refractivity (Wildman–Crippen MR) is 65.6 cm³/mol. The average molecular weight is 226 g/mol. The molecule has 2 aromatic carbocycles. The summed E-state index contributed by atoms with van der Waals surface area (Å²) in [4.78, 5) is 0. The highest BCUT2D eigenvalue weighted by Gasteiger charge is 2.02. The van der Waals surface area contributed by atoms with Crippen LogP contribution in [-0.2, 0) is 0 Å². The van der Waals surface area contributed by atoms with Crippen molar-refractivity contribution in [2.24, 2.45) is 0 Å². The van der Waals surface area contributed by atoms with Crippen LogP contribution in [0.25, 0.3) is 0 Å². The molecule has 0 aromatic heterocycles. The van der Waals surface area contributed by atoms with Crippen molar-refractivity contribution in [1.82, 2.24) is 0 Å². The number of anilines is 2. The van der Waals surface area contributed by atoms with Crippen LogP contribution in [0, 0.1) is 24.1 Å². The summed E-state index contributed by atoms with van der Waals surface area (Å²) in [6, 6.07) is 14.0. The maximum atomic E-state index is 13.4. The molecule has 0 aliphatic carbocycles. The Hall–Kier alpha value is -2.34. The number of rotatable bonds is 2. The van der Waals surface area contributed by atoms with Crippen LogP contribution < -0.4 is 5.32 Å². The molecule has 2 aromatic rings. The minimum Gasteiger partial charge on any atom is -0.355 e. The van der Waals surface area contributed by atoms with E-state index in [1.807, 2.05) is 31.2 Å². The van der Waals surface area contributed by atoms with E-state index in [-0.39, 0.29) is 5.56 Å². The van der Waals surface area contributed by atoms with Gasteiger partial charge in [-0.3, -0.25) is 0 Å². The molecule has 0 radical (unpaired) electrons. The molecule has 0 bridgehead atoms. The van der Waals surface area contributed by atoms with Gasteiger partial charge >= 0.3 is 0 Å². The topological polar surface area (TPSA) is 35.8 Å². The summed E-state index contributed by atoms with van der Waals surface area (Å²) in [7, 11) is 0. The SMILES string of the molecule is Cc1ccc(Nc2ccc(C#N)c(F)c2)cc1. The van der Waals surface area contributed by atoms with Gasteiger partial charge in [0.1, 0.15) is 11.9 Å². The van der Waals surface area contributed by atoms with Crippen LogP contribution in [0.3, 0.4) is 0 Å². The molecule has 17 heavy (non-hydrogen) atoms. The Bertz CT molecular complexity index is 568. The summed E-state index contributed by atoms with van der Waals surface area (Å²) < 4.78 is 13.4. The molecule has 2 nitrogen and oxygen atoms in total. The van der Waals surface area contributed by atoms with E-state index < -0.39 is 5.82 Å². The summed E-state index contributed by atoms with van der Waals surface area (Å²) in [5.41, 5.74) is 2.74. The standard InChI is InChI=1S/C14H11FN2/c1-10-2-5-12(6-3-10)17-13-7-4-11(9-16)14(15)8-13/h2-8,17H,1H3. The zero-order valence-corrected chi connectivity index (χ0v) is 9.37. The van der Waals surface area contributed by atoms with Crippen LogP contribution in [-0.4, -0.2) is 0 Å². The average Bonchev–Trinajstić information content (AvgIpc) is 2.32. The lowest BCUT2D eigenvalue weighted by Crippen LogP contribution is -1.92. The highest BCUT2D eigenvalue weighted by molar-refractivity contribution is 5.60. The molecule has 0 spiro atoms. The van der Waals surface area contributed by atoms with Gasteiger partial charge in [0, 0.05) is 11.4 Å². The molecule has 2 rings (SSSR count). The van der Waals surface area contributed by atoms with Crippen LogP contribution >= 0.6 is 0 Å². The molecule has 0 aliphatic rings. The van der Waals surface area contributed by atoms with Gasteiger partial charge in [-0.15, -0.1) is 0 Å². The summed E-state index contributed by atoms with van der Waals surface area (Å²) in [5, 5.41) is 11.7. The molecule has 3 heteroatoms. The fraction of sp³-hybridized carbons (Fsp3) is 0.0714. The molecule has 1 N–H and O–H groups in total. The molecule has 0 heterocycles. The van der Waals surface area contributed by atoms with Crippen molar-refractivity contribution in [3.8, 4) is 6.07 Å². The smallest absolute Gasteiger partial charge is 0.143 e. The van der Waals surface area contributed by atoms with Crippen molar-refractivity contribution in [2.45, 2.75) is 6.92 Å². The van der Waals surface area contributed by atoms with E-state index in [1.165, 1.54) is 17.7 Å². The minimum absolute atomic E-state index is 0.0551. The van der Waals surface area contributed by atoms with Crippen molar-refractivity contribution < 1.29 is 4.39 Å². The summed E-state index contributed by atoms with van der Waals surface area (Å²) >= 11 is 0. The Labute approximate surface area is 99.3 Å². The maximum absolute atomic E-state index is 13.4. The third-order valence-corrected chi connectivity index (χ3v) is 2.43. The largest absolute Gasteiger partial charge is 0.355 e. The number of nitrogens with one attached hydrogen (secondary N) is 1. The number of benzene rings is 2. The highest BCUT2D eigenvalue weighted by atomic mass is 19.1. The minimum atomic E-state index is -0.510. The second-order valence-corrected chi connectivity index (χ2v) is 3.80. The molecule has 0 fully saturated rings. The van der Waals surface area contributed by atoms with Gasteiger partial charge in [-0.1, -0.05) is 17.7 Å². The van der Waals surface area contributed by atoms with Crippen molar-refractivity contribution in [3.05, 3.63) is 59.4 Å². The van der Waals surface area contributed by atoms with Gasteiger partial charge in [0.05, 0.1) is 5.56 Å². The van der Waals surface area contributed by atoms with E-state index in [0.29, 0.717) is 5.69 Å². The molecule has 0 saturated carbocycles. The number of nitriles is 1. The van der Waals surface area contributed by atoms with Crippen molar-refractivity contribution in [1.29, 1.82) is 5.26 Å². The number of aryl methyl sites for hydroxylation is 1. The summed E-state index contributed by atoms with van der Waals surface area (Å²) in [6.45, 7) is 2.01. The zero-order valence-electron chi connectivity index (χ0n) is 9.37. The first-order valence-electron chi connectivity index (χ1n) is 5.22. The van der Waals surface area contributed by atoms with Crippen LogP contribution in [0.4, 0.5) is 15.8 Å². The van der Waals surface area contributed by atoms with Gasteiger partial charge in [-0.2, -0.15) is 5.26 Å². The second-order valence-electron chi connectivity index (χ2n) is 3.80. The maximum Gasteiger partial charge on any atom is 0.143 e. The Kier molecular flexibility index (Phi) is 3.06. The van der Waals surface area contributed by atoms with Gasteiger partial charge in [-0.05, 0) is 37.3 Å². The first kappa shape index (κ1) is 11.2.